The van der Waals surface area contributed by atoms with Crippen molar-refractivity contribution < 1.29 is 4.42 Å². The lowest BCUT2D eigenvalue weighted by atomic mass is 9.86. The van der Waals surface area contributed by atoms with E-state index in [2.05, 4.69) is 75.4 Å². The standard InChI is InChI=1S/C20H18O/c1-20(2,3)14-9-11-16-17-10-8-13-6-4-5-7-15(13)19(17)21-18(16)12-14/h4-12H,1-3H3. The Kier molecular flexibility index (Phi) is 2.44. The number of furan rings is 1. The number of hydrogen-bond donors (Lipinski definition) is 0. The molecule has 0 atom stereocenters. The van der Waals surface area contributed by atoms with Gasteiger partial charge in [-0.2, -0.15) is 0 Å². The van der Waals surface area contributed by atoms with E-state index in [0.717, 1.165) is 11.2 Å². The predicted octanol–water partition coefficient (Wildman–Crippen LogP) is 6.04. The molecule has 0 aliphatic rings. The van der Waals surface area contributed by atoms with E-state index < -0.39 is 0 Å². The fraction of sp³-hybridized carbons (Fsp3) is 0.200. The van der Waals surface area contributed by atoms with Crippen molar-refractivity contribution in [1.82, 2.24) is 0 Å². The normalized spacial score (nSPS) is 12.5. The molecule has 0 spiro atoms. The molecule has 0 aliphatic heterocycles. The van der Waals surface area contributed by atoms with Crippen LogP contribution < -0.4 is 0 Å². The highest BCUT2D eigenvalue weighted by molar-refractivity contribution is 6.14. The van der Waals surface area contributed by atoms with Gasteiger partial charge in [0, 0.05) is 16.2 Å². The molecule has 4 rings (SSSR count). The maximum atomic E-state index is 6.20. The van der Waals surface area contributed by atoms with Crippen LogP contribution in [0.3, 0.4) is 0 Å². The Morgan fingerprint density at radius 1 is 0.762 bits per heavy atom. The highest BCUT2D eigenvalue weighted by atomic mass is 16.3. The van der Waals surface area contributed by atoms with Gasteiger partial charge in [0.05, 0.1) is 0 Å². The second-order valence-electron chi connectivity index (χ2n) is 6.73. The third kappa shape index (κ3) is 1.84. The molecule has 1 aromatic heterocycles. The van der Waals surface area contributed by atoms with Gasteiger partial charge in [-0.15, -0.1) is 0 Å². The summed E-state index contributed by atoms with van der Waals surface area (Å²) in [6.07, 6.45) is 0. The molecular formula is C20H18O. The van der Waals surface area contributed by atoms with Crippen molar-refractivity contribution in [3.05, 3.63) is 60.2 Å². The van der Waals surface area contributed by atoms with E-state index in [9.17, 15) is 0 Å². The summed E-state index contributed by atoms with van der Waals surface area (Å²) in [7, 11) is 0. The Hall–Kier alpha value is -2.28. The summed E-state index contributed by atoms with van der Waals surface area (Å²) in [5.41, 5.74) is 3.41. The predicted molar refractivity (Wildman–Crippen MR) is 89.9 cm³/mol. The first-order valence-corrected chi connectivity index (χ1v) is 7.38. The summed E-state index contributed by atoms with van der Waals surface area (Å²) in [5, 5.41) is 4.80. The van der Waals surface area contributed by atoms with Crippen LogP contribution >= 0.6 is 0 Å². The summed E-state index contributed by atoms with van der Waals surface area (Å²) >= 11 is 0. The summed E-state index contributed by atoms with van der Waals surface area (Å²) in [5.74, 6) is 0. The van der Waals surface area contributed by atoms with Crippen LogP contribution in [0.25, 0.3) is 32.7 Å². The molecule has 1 heteroatoms. The smallest absolute Gasteiger partial charge is 0.143 e. The molecule has 0 unspecified atom stereocenters. The average molecular weight is 274 g/mol. The van der Waals surface area contributed by atoms with Crippen LogP contribution in [-0.4, -0.2) is 0 Å². The van der Waals surface area contributed by atoms with Crippen LogP contribution in [0.5, 0.6) is 0 Å². The van der Waals surface area contributed by atoms with Gasteiger partial charge < -0.3 is 4.42 Å². The van der Waals surface area contributed by atoms with Crippen LogP contribution in [0.15, 0.2) is 59.0 Å². The molecular weight excluding hydrogens is 256 g/mol. The van der Waals surface area contributed by atoms with Gasteiger partial charge in [-0.1, -0.05) is 63.2 Å². The van der Waals surface area contributed by atoms with Gasteiger partial charge in [0.15, 0.2) is 0 Å². The number of rotatable bonds is 0. The number of fused-ring (bicyclic) bond motifs is 5. The van der Waals surface area contributed by atoms with Crippen molar-refractivity contribution in [2.75, 3.05) is 0 Å². The molecule has 0 fully saturated rings. The highest BCUT2D eigenvalue weighted by Crippen LogP contribution is 2.35. The lowest BCUT2D eigenvalue weighted by Gasteiger charge is -2.18. The SMILES string of the molecule is CC(C)(C)c1ccc2c(c1)oc1c3ccccc3ccc21. The second kappa shape index (κ2) is 4.11. The van der Waals surface area contributed by atoms with Crippen molar-refractivity contribution in [1.29, 1.82) is 0 Å². The van der Waals surface area contributed by atoms with Crippen LogP contribution in [-0.2, 0) is 5.41 Å². The quantitative estimate of drug-likeness (QED) is 0.381. The zero-order valence-electron chi connectivity index (χ0n) is 12.6. The van der Waals surface area contributed by atoms with Gasteiger partial charge >= 0.3 is 0 Å². The first-order chi connectivity index (χ1) is 10.0. The zero-order chi connectivity index (χ0) is 14.6. The zero-order valence-corrected chi connectivity index (χ0v) is 12.6. The molecule has 0 bridgehead atoms. The minimum atomic E-state index is 0.134. The first-order valence-electron chi connectivity index (χ1n) is 7.38. The first kappa shape index (κ1) is 12.5. The Morgan fingerprint density at radius 3 is 2.33 bits per heavy atom. The molecule has 3 aromatic carbocycles. The largest absolute Gasteiger partial charge is 0.455 e. The van der Waals surface area contributed by atoms with E-state index in [1.54, 1.807) is 0 Å². The van der Waals surface area contributed by atoms with E-state index in [4.69, 9.17) is 4.42 Å². The minimum Gasteiger partial charge on any atom is -0.455 e. The molecule has 0 saturated heterocycles. The van der Waals surface area contributed by atoms with E-state index in [1.165, 1.54) is 27.1 Å². The van der Waals surface area contributed by atoms with E-state index in [-0.39, 0.29) is 5.41 Å². The third-order valence-electron chi connectivity index (χ3n) is 4.23. The van der Waals surface area contributed by atoms with E-state index >= 15 is 0 Å². The van der Waals surface area contributed by atoms with Crippen molar-refractivity contribution in [3.8, 4) is 0 Å². The Balaban J connectivity index is 2.12. The van der Waals surface area contributed by atoms with Gasteiger partial charge in [0.2, 0.25) is 0 Å². The van der Waals surface area contributed by atoms with Crippen LogP contribution in [0.2, 0.25) is 0 Å². The summed E-state index contributed by atoms with van der Waals surface area (Å²) in [6, 6.07) is 19.3. The van der Waals surface area contributed by atoms with E-state index in [1.807, 2.05) is 0 Å². The van der Waals surface area contributed by atoms with Gasteiger partial charge in [0.25, 0.3) is 0 Å². The van der Waals surface area contributed by atoms with Gasteiger partial charge in [0.1, 0.15) is 11.2 Å². The van der Waals surface area contributed by atoms with E-state index in [0.29, 0.717) is 0 Å². The molecule has 21 heavy (non-hydrogen) atoms. The Bertz CT molecular complexity index is 968. The molecule has 1 nitrogen and oxygen atoms in total. The van der Waals surface area contributed by atoms with Crippen LogP contribution in [0, 0.1) is 0 Å². The molecule has 0 saturated carbocycles. The molecule has 0 radical (unpaired) electrons. The van der Waals surface area contributed by atoms with Gasteiger partial charge in [-0.05, 0) is 28.5 Å². The third-order valence-corrected chi connectivity index (χ3v) is 4.23. The summed E-state index contributed by atoms with van der Waals surface area (Å²) in [4.78, 5) is 0. The number of hydrogen-bond acceptors (Lipinski definition) is 1. The van der Waals surface area contributed by atoms with Crippen LogP contribution in [0.4, 0.5) is 0 Å². The van der Waals surface area contributed by atoms with Crippen LogP contribution in [0.1, 0.15) is 26.3 Å². The molecule has 0 N–H and O–H groups in total. The topological polar surface area (TPSA) is 13.1 Å². The van der Waals surface area contributed by atoms with Crippen molar-refractivity contribution in [2.24, 2.45) is 0 Å². The van der Waals surface area contributed by atoms with Gasteiger partial charge in [-0.3, -0.25) is 0 Å². The Labute approximate surface area is 124 Å². The average Bonchev–Trinajstić information content (AvgIpc) is 2.84. The monoisotopic (exact) mass is 274 g/mol. The lowest BCUT2D eigenvalue weighted by Crippen LogP contribution is -2.10. The molecule has 4 aromatic rings. The molecule has 104 valence electrons. The highest BCUT2D eigenvalue weighted by Gasteiger charge is 2.16. The maximum absolute atomic E-state index is 6.20. The molecule has 0 amide bonds. The van der Waals surface area contributed by atoms with Crippen molar-refractivity contribution >= 4 is 32.7 Å². The van der Waals surface area contributed by atoms with Crippen molar-refractivity contribution in [2.45, 2.75) is 26.2 Å². The fourth-order valence-electron chi connectivity index (χ4n) is 2.97. The fourth-order valence-corrected chi connectivity index (χ4v) is 2.97. The minimum absolute atomic E-state index is 0.134. The molecule has 1 heterocycles. The lowest BCUT2D eigenvalue weighted by molar-refractivity contribution is 0.588. The summed E-state index contributed by atoms with van der Waals surface area (Å²) < 4.78 is 6.20. The number of benzene rings is 3. The second-order valence-corrected chi connectivity index (χ2v) is 6.73. The van der Waals surface area contributed by atoms with Crippen molar-refractivity contribution in [3.63, 3.8) is 0 Å². The maximum Gasteiger partial charge on any atom is 0.143 e. The summed E-state index contributed by atoms with van der Waals surface area (Å²) in [6.45, 7) is 6.69. The Morgan fingerprint density at radius 2 is 1.52 bits per heavy atom. The molecule has 0 aliphatic carbocycles. The van der Waals surface area contributed by atoms with Gasteiger partial charge in [-0.25, -0.2) is 0 Å².